The fourth-order valence-corrected chi connectivity index (χ4v) is 1.29. The van der Waals surface area contributed by atoms with Crippen molar-refractivity contribution in [3.8, 4) is 18.4 Å². The number of terminal acetylenes is 1. The monoisotopic (exact) mass is 254 g/mol. The van der Waals surface area contributed by atoms with Crippen molar-refractivity contribution in [3.05, 3.63) is 41.6 Å². The van der Waals surface area contributed by atoms with Crippen LogP contribution in [0, 0.1) is 29.5 Å². The van der Waals surface area contributed by atoms with Gasteiger partial charge >= 0.3 is 0 Å². The topological polar surface area (TPSA) is 90.3 Å². The summed E-state index contributed by atoms with van der Waals surface area (Å²) in [7, 11) is 0. The van der Waals surface area contributed by atoms with Gasteiger partial charge in [-0.3, -0.25) is 0 Å². The molecule has 0 fully saturated rings. The Morgan fingerprint density at radius 1 is 1.53 bits per heavy atom. The average Bonchev–Trinajstić information content (AvgIpc) is 2.95. The fraction of sp³-hybridized carbons (Fsp3) is 0. The molecule has 0 aliphatic carbocycles. The summed E-state index contributed by atoms with van der Waals surface area (Å²) in [6.45, 7) is 0. The van der Waals surface area contributed by atoms with Gasteiger partial charge in [0.15, 0.2) is 0 Å². The van der Waals surface area contributed by atoms with Gasteiger partial charge in [-0.15, -0.1) is 16.6 Å². The summed E-state index contributed by atoms with van der Waals surface area (Å²) < 4.78 is 13.6. The number of aromatic amines is 1. The van der Waals surface area contributed by atoms with Crippen LogP contribution in [0.2, 0.25) is 0 Å². The third kappa shape index (κ3) is 2.73. The smallest absolute Gasteiger partial charge is 0.216 e. The number of aromatic nitrogens is 4. The van der Waals surface area contributed by atoms with E-state index in [0.717, 1.165) is 0 Å². The van der Waals surface area contributed by atoms with Gasteiger partial charge in [0.2, 0.25) is 5.82 Å². The predicted octanol–water partition coefficient (Wildman–Crippen LogP) is 1.30. The maximum absolute atomic E-state index is 13.6. The number of allylic oxidation sites excluding steroid dienone is 1. The average molecular weight is 254 g/mol. The van der Waals surface area contributed by atoms with Crippen LogP contribution in [0.15, 0.2) is 24.4 Å². The van der Waals surface area contributed by atoms with E-state index >= 15 is 0 Å². The van der Waals surface area contributed by atoms with Gasteiger partial charge in [-0.1, -0.05) is 5.92 Å². The first-order chi connectivity index (χ1) is 9.24. The SMILES string of the molecule is C#Cc1ccc(NC=C(C#N)c2nn[nH]n2)c(F)c1. The minimum absolute atomic E-state index is 0.120. The zero-order valence-electron chi connectivity index (χ0n) is 9.55. The van der Waals surface area contributed by atoms with Crippen LogP contribution in [0.25, 0.3) is 5.57 Å². The standard InChI is InChI=1S/C12H7FN6/c1-2-8-3-4-11(10(13)5-8)15-7-9(6-14)12-16-18-19-17-12/h1,3-5,7,15H,(H,16,17,18,19). The van der Waals surface area contributed by atoms with Gasteiger partial charge in [0, 0.05) is 11.8 Å². The maximum Gasteiger partial charge on any atom is 0.216 e. The van der Waals surface area contributed by atoms with Gasteiger partial charge in [0.1, 0.15) is 17.5 Å². The van der Waals surface area contributed by atoms with E-state index in [1.807, 2.05) is 6.07 Å². The molecule has 0 radical (unpaired) electrons. The summed E-state index contributed by atoms with van der Waals surface area (Å²) in [5.74, 6) is 1.93. The molecule has 0 saturated heterocycles. The molecule has 1 aromatic carbocycles. The maximum atomic E-state index is 13.6. The molecule has 2 N–H and O–H groups in total. The Kier molecular flexibility index (Phi) is 3.51. The summed E-state index contributed by atoms with van der Waals surface area (Å²) in [6.07, 6.45) is 6.45. The van der Waals surface area contributed by atoms with Crippen molar-refractivity contribution < 1.29 is 4.39 Å². The van der Waals surface area contributed by atoms with Crippen molar-refractivity contribution >= 4 is 11.3 Å². The minimum atomic E-state index is -0.517. The molecule has 1 aromatic heterocycles. The normalized spacial score (nSPS) is 10.6. The number of rotatable bonds is 3. The van der Waals surface area contributed by atoms with Crippen LogP contribution in [0.3, 0.4) is 0 Å². The number of halogens is 1. The van der Waals surface area contributed by atoms with Gasteiger partial charge in [-0.2, -0.15) is 10.5 Å². The van der Waals surface area contributed by atoms with Crippen molar-refractivity contribution in [1.82, 2.24) is 20.6 Å². The Hall–Kier alpha value is -3.19. The summed E-state index contributed by atoms with van der Waals surface area (Å²) in [5, 5.41) is 24.4. The number of benzene rings is 1. The molecule has 0 unspecified atom stereocenters. The highest BCUT2D eigenvalue weighted by atomic mass is 19.1. The van der Waals surface area contributed by atoms with Crippen molar-refractivity contribution in [2.45, 2.75) is 0 Å². The summed E-state index contributed by atoms with van der Waals surface area (Å²) in [6, 6.07) is 6.16. The predicted molar refractivity (Wildman–Crippen MR) is 65.7 cm³/mol. The molecule has 0 atom stereocenters. The lowest BCUT2D eigenvalue weighted by Gasteiger charge is -2.03. The summed E-state index contributed by atoms with van der Waals surface area (Å²) >= 11 is 0. The number of nitrogens with zero attached hydrogens (tertiary/aromatic N) is 4. The molecular formula is C12H7FN6. The molecule has 0 aliphatic heterocycles. The van der Waals surface area contributed by atoms with Crippen molar-refractivity contribution in [2.75, 3.05) is 5.32 Å². The third-order valence-corrected chi connectivity index (χ3v) is 2.21. The number of nitriles is 1. The summed E-state index contributed by atoms with van der Waals surface area (Å²) in [4.78, 5) is 0. The Morgan fingerprint density at radius 3 is 2.95 bits per heavy atom. The highest BCUT2D eigenvalue weighted by Gasteiger charge is 2.06. The molecule has 0 saturated carbocycles. The van der Waals surface area contributed by atoms with E-state index in [9.17, 15) is 4.39 Å². The second kappa shape index (κ2) is 5.43. The molecule has 1 heterocycles. The van der Waals surface area contributed by atoms with Gasteiger partial charge in [-0.05, 0) is 23.4 Å². The Balaban J connectivity index is 2.23. The molecular weight excluding hydrogens is 247 g/mol. The Morgan fingerprint density at radius 2 is 2.37 bits per heavy atom. The van der Waals surface area contributed by atoms with Crippen LogP contribution < -0.4 is 5.32 Å². The molecule has 0 bridgehead atoms. The number of hydrogen-bond donors (Lipinski definition) is 2. The first-order valence-corrected chi connectivity index (χ1v) is 5.11. The van der Waals surface area contributed by atoms with E-state index in [1.165, 1.54) is 18.3 Å². The first-order valence-electron chi connectivity index (χ1n) is 5.11. The largest absolute Gasteiger partial charge is 0.358 e. The third-order valence-electron chi connectivity index (χ3n) is 2.21. The van der Waals surface area contributed by atoms with Gasteiger partial charge in [-0.25, -0.2) is 4.39 Å². The quantitative estimate of drug-likeness (QED) is 0.636. The van der Waals surface area contributed by atoms with Crippen LogP contribution in [-0.4, -0.2) is 20.6 Å². The fourth-order valence-electron chi connectivity index (χ4n) is 1.29. The van der Waals surface area contributed by atoms with Crippen LogP contribution >= 0.6 is 0 Å². The number of anilines is 1. The van der Waals surface area contributed by atoms with E-state index in [4.69, 9.17) is 11.7 Å². The molecule has 92 valence electrons. The van der Waals surface area contributed by atoms with E-state index in [2.05, 4.69) is 31.9 Å². The first kappa shape index (κ1) is 12.3. The number of hydrogen-bond acceptors (Lipinski definition) is 5. The van der Waals surface area contributed by atoms with E-state index in [0.29, 0.717) is 5.56 Å². The number of H-pyrrole nitrogens is 1. The second-order valence-electron chi connectivity index (χ2n) is 3.39. The minimum Gasteiger partial charge on any atom is -0.358 e. The summed E-state index contributed by atoms with van der Waals surface area (Å²) in [5.41, 5.74) is 0.745. The van der Waals surface area contributed by atoms with Crippen molar-refractivity contribution in [3.63, 3.8) is 0 Å². The van der Waals surface area contributed by atoms with Gasteiger partial charge in [0.25, 0.3) is 0 Å². The van der Waals surface area contributed by atoms with Crippen molar-refractivity contribution in [1.29, 1.82) is 5.26 Å². The van der Waals surface area contributed by atoms with E-state index < -0.39 is 5.82 Å². The zero-order chi connectivity index (χ0) is 13.7. The molecule has 7 heteroatoms. The highest BCUT2D eigenvalue weighted by molar-refractivity contribution is 5.74. The van der Waals surface area contributed by atoms with Crippen LogP contribution in [0.4, 0.5) is 10.1 Å². The molecule has 0 spiro atoms. The lowest BCUT2D eigenvalue weighted by Crippen LogP contribution is -1.95. The lowest BCUT2D eigenvalue weighted by atomic mass is 10.2. The van der Waals surface area contributed by atoms with E-state index in [1.54, 1.807) is 6.07 Å². The molecule has 6 nitrogen and oxygen atoms in total. The van der Waals surface area contributed by atoms with Crippen LogP contribution in [0.1, 0.15) is 11.4 Å². The molecule has 19 heavy (non-hydrogen) atoms. The van der Waals surface area contributed by atoms with Crippen molar-refractivity contribution in [2.24, 2.45) is 0 Å². The molecule has 0 aliphatic rings. The molecule has 2 aromatic rings. The van der Waals surface area contributed by atoms with Crippen LogP contribution in [0.5, 0.6) is 0 Å². The molecule has 0 amide bonds. The van der Waals surface area contributed by atoms with Gasteiger partial charge in [0.05, 0.1) is 5.69 Å². The van der Waals surface area contributed by atoms with Gasteiger partial charge < -0.3 is 5.32 Å². The molecule has 2 rings (SSSR count). The van der Waals surface area contributed by atoms with E-state index in [-0.39, 0.29) is 17.1 Å². The number of tetrazole rings is 1. The Bertz CT molecular complexity index is 690. The zero-order valence-corrected chi connectivity index (χ0v) is 9.55. The lowest BCUT2D eigenvalue weighted by molar-refractivity contribution is 0.631. The number of nitrogens with one attached hydrogen (secondary N) is 2. The Labute approximate surface area is 108 Å². The highest BCUT2D eigenvalue weighted by Crippen LogP contribution is 2.16. The van der Waals surface area contributed by atoms with Crippen LogP contribution in [-0.2, 0) is 0 Å². The second-order valence-corrected chi connectivity index (χ2v) is 3.39.